The summed E-state index contributed by atoms with van der Waals surface area (Å²) in [7, 11) is 0. The van der Waals surface area contributed by atoms with Crippen LogP contribution >= 0.6 is 11.6 Å². The van der Waals surface area contributed by atoms with Crippen molar-refractivity contribution in [2.24, 2.45) is 0 Å². The lowest BCUT2D eigenvalue weighted by atomic mass is 10.3. The predicted molar refractivity (Wildman–Crippen MR) is 57.7 cm³/mol. The van der Waals surface area contributed by atoms with E-state index in [0.29, 0.717) is 10.8 Å². The van der Waals surface area contributed by atoms with E-state index < -0.39 is 0 Å². The molecular formula is C10H10ClN3. The highest BCUT2D eigenvalue weighted by molar-refractivity contribution is 6.30. The molecule has 1 aromatic heterocycles. The summed E-state index contributed by atoms with van der Waals surface area (Å²) in [6, 6.07) is 9.29. The molecule has 2 N–H and O–H groups in total. The molecule has 2 aromatic rings. The fourth-order valence-electron chi connectivity index (χ4n) is 1.34. The molecule has 0 aliphatic heterocycles. The lowest BCUT2D eigenvalue weighted by Crippen LogP contribution is -1.98. The van der Waals surface area contributed by atoms with E-state index in [1.807, 2.05) is 37.3 Å². The van der Waals surface area contributed by atoms with Gasteiger partial charge < -0.3 is 5.73 Å². The second-order valence-electron chi connectivity index (χ2n) is 3.10. The third kappa shape index (κ3) is 1.59. The molecule has 72 valence electrons. The van der Waals surface area contributed by atoms with E-state index in [9.17, 15) is 0 Å². The van der Waals surface area contributed by atoms with Gasteiger partial charge in [0, 0.05) is 16.8 Å². The molecule has 1 aromatic carbocycles. The first kappa shape index (κ1) is 9.09. The summed E-state index contributed by atoms with van der Waals surface area (Å²) in [6.07, 6.45) is 0. The van der Waals surface area contributed by atoms with Gasteiger partial charge in [0.2, 0.25) is 0 Å². The van der Waals surface area contributed by atoms with Gasteiger partial charge in [0.05, 0.1) is 5.69 Å². The zero-order chi connectivity index (χ0) is 10.1. The highest BCUT2D eigenvalue weighted by Crippen LogP contribution is 2.15. The molecule has 0 amide bonds. The van der Waals surface area contributed by atoms with Crippen LogP contribution in [0.15, 0.2) is 30.3 Å². The van der Waals surface area contributed by atoms with Crippen molar-refractivity contribution in [2.45, 2.75) is 6.92 Å². The smallest absolute Gasteiger partial charge is 0.146 e. The molecule has 0 aliphatic rings. The Morgan fingerprint density at radius 3 is 2.43 bits per heavy atom. The Morgan fingerprint density at radius 1 is 1.29 bits per heavy atom. The Balaban J connectivity index is 2.49. The van der Waals surface area contributed by atoms with E-state index in [2.05, 4.69) is 5.10 Å². The average Bonchev–Trinajstić information content (AvgIpc) is 2.47. The first-order chi connectivity index (χ1) is 6.66. The molecule has 2 rings (SSSR count). The molecule has 3 nitrogen and oxygen atoms in total. The molecule has 14 heavy (non-hydrogen) atoms. The van der Waals surface area contributed by atoms with E-state index in [1.54, 1.807) is 4.68 Å². The van der Waals surface area contributed by atoms with Gasteiger partial charge in [-0.15, -0.1) is 0 Å². The Morgan fingerprint density at radius 2 is 1.93 bits per heavy atom. The first-order valence-electron chi connectivity index (χ1n) is 4.25. The van der Waals surface area contributed by atoms with Gasteiger partial charge in [0.25, 0.3) is 0 Å². The minimum atomic E-state index is 0.525. The highest BCUT2D eigenvalue weighted by Gasteiger charge is 2.02. The fraction of sp³-hybridized carbons (Fsp3) is 0.100. The highest BCUT2D eigenvalue weighted by atomic mass is 35.5. The van der Waals surface area contributed by atoms with Crippen LogP contribution in [0.1, 0.15) is 5.69 Å². The lowest BCUT2D eigenvalue weighted by Gasteiger charge is -2.03. The Labute approximate surface area is 87.1 Å². The summed E-state index contributed by atoms with van der Waals surface area (Å²) in [6.45, 7) is 1.96. The maximum atomic E-state index is 5.79. The van der Waals surface area contributed by atoms with Gasteiger partial charge >= 0.3 is 0 Å². The van der Waals surface area contributed by atoms with Crippen molar-refractivity contribution < 1.29 is 0 Å². The van der Waals surface area contributed by atoms with Crippen molar-refractivity contribution in [3.05, 3.63) is 41.0 Å². The normalized spacial score (nSPS) is 10.4. The summed E-state index contributed by atoms with van der Waals surface area (Å²) in [4.78, 5) is 0. The topological polar surface area (TPSA) is 43.8 Å². The van der Waals surface area contributed by atoms with Gasteiger partial charge in [-0.25, -0.2) is 4.68 Å². The molecule has 4 heteroatoms. The number of halogens is 1. The van der Waals surface area contributed by atoms with Crippen LogP contribution in [0.5, 0.6) is 0 Å². The Hall–Kier alpha value is -1.48. The van der Waals surface area contributed by atoms with Gasteiger partial charge in [-0.1, -0.05) is 11.6 Å². The molecule has 0 saturated carbocycles. The molecule has 0 bridgehead atoms. The number of anilines is 1. The van der Waals surface area contributed by atoms with E-state index in [1.165, 1.54) is 0 Å². The third-order valence-electron chi connectivity index (χ3n) is 1.98. The lowest BCUT2D eigenvalue weighted by molar-refractivity contribution is 0.851. The molecule has 0 saturated heterocycles. The number of rotatable bonds is 1. The standard InChI is InChI=1S/C10H10ClN3/c1-7-6-10(12)13-14(7)9-4-2-8(11)3-5-9/h2-6H,1H3,(H2,12,13). The summed E-state index contributed by atoms with van der Waals surface area (Å²) < 4.78 is 1.78. The van der Waals surface area contributed by atoms with Crippen LogP contribution in [0.4, 0.5) is 5.82 Å². The van der Waals surface area contributed by atoms with Crippen LogP contribution in [-0.2, 0) is 0 Å². The van der Waals surface area contributed by atoms with Crippen LogP contribution in [0.3, 0.4) is 0 Å². The number of aryl methyl sites for hydroxylation is 1. The van der Waals surface area contributed by atoms with E-state index in [-0.39, 0.29) is 0 Å². The molecule has 1 heterocycles. The van der Waals surface area contributed by atoms with Crippen molar-refractivity contribution in [3.8, 4) is 5.69 Å². The van der Waals surface area contributed by atoms with Crippen LogP contribution in [0.25, 0.3) is 5.69 Å². The zero-order valence-electron chi connectivity index (χ0n) is 7.74. The second-order valence-corrected chi connectivity index (χ2v) is 3.54. The third-order valence-corrected chi connectivity index (χ3v) is 2.23. The molecule has 0 spiro atoms. The fourth-order valence-corrected chi connectivity index (χ4v) is 1.47. The first-order valence-corrected chi connectivity index (χ1v) is 4.63. The molecule has 0 unspecified atom stereocenters. The molecule has 0 radical (unpaired) electrons. The van der Waals surface area contributed by atoms with Crippen molar-refractivity contribution in [2.75, 3.05) is 5.73 Å². The number of hydrogen-bond donors (Lipinski definition) is 1. The van der Waals surface area contributed by atoms with Crippen LogP contribution in [0.2, 0.25) is 5.02 Å². The van der Waals surface area contributed by atoms with Crippen LogP contribution < -0.4 is 5.73 Å². The number of hydrogen-bond acceptors (Lipinski definition) is 2. The molecular weight excluding hydrogens is 198 g/mol. The van der Waals surface area contributed by atoms with Crippen molar-refractivity contribution in [1.82, 2.24) is 9.78 Å². The van der Waals surface area contributed by atoms with Gasteiger partial charge in [-0.2, -0.15) is 5.10 Å². The van der Waals surface area contributed by atoms with Crippen LogP contribution in [-0.4, -0.2) is 9.78 Å². The number of benzene rings is 1. The van der Waals surface area contributed by atoms with Crippen LogP contribution in [0, 0.1) is 6.92 Å². The summed E-state index contributed by atoms with van der Waals surface area (Å²) in [5.41, 5.74) is 7.55. The molecule has 0 fully saturated rings. The van der Waals surface area contributed by atoms with E-state index in [4.69, 9.17) is 17.3 Å². The van der Waals surface area contributed by atoms with Gasteiger partial charge in [0.15, 0.2) is 0 Å². The maximum Gasteiger partial charge on any atom is 0.146 e. The number of nitrogens with two attached hydrogens (primary N) is 1. The van der Waals surface area contributed by atoms with Gasteiger partial charge in [-0.3, -0.25) is 0 Å². The van der Waals surface area contributed by atoms with Gasteiger partial charge in [-0.05, 0) is 31.2 Å². The van der Waals surface area contributed by atoms with Gasteiger partial charge in [0.1, 0.15) is 5.82 Å². The minimum absolute atomic E-state index is 0.525. The average molecular weight is 208 g/mol. The predicted octanol–water partition coefficient (Wildman–Crippen LogP) is 2.42. The number of aromatic nitrogens is 2. The quantitative estimate of drug-likeness (QED) is 0.781. The van der Waals surface area contributed by atoms with Crippen molar-refractivity contribution >= 4 is 17.4 Å². The second kappa shape index (κ2) is 3.35. The van der Waals surface area contributed by atoms with E-state index >= 15 is 0 Å². The number of nitrogens with zero attached hydrogens (tertiary/aromatic N) is 2. The molecule has 0 aliphatic carbocycles. The van der Waals surface area contributed by atoms with E-state index in [0.717, 1.165) is 11.4 Å². The Bertz CT molecular complexity index is 445. The molecule has 0 atom stereocenters. The minimum Gasteiger partial charge on any atom is -0.382 e. The van der Waals surface area contributed by atoms with Crippen molar-refractivity contribution in [3.63, 3.8) is 0 Å². The summed E-state index contributed by atoms with van der Waals surface area (Å²) in [5.74, 6) is 0.525. The SMILES string of the molecule is Cc1cc(N)nn1-c1ccc(Cl)cc1. The largest absolute Gasteiger partial charge is 0.382 e. The number of nitrogen functional groups attached to an aromatic ring is 1. The monoisotopic (exact) mass is 207 g/mol. The van der Waals surface area contributed by atoms with Crippen molar-refractivity contribution in [1.29, 1.82) is 0 Å². The summed E-state index contributed by atoms with van der Waals surface area (Å²) in [5, 5.41) is 4.88. The maximum absolute atomic E-state index is 5.79. The zero-order valence-corrected chi connectivity index (χ0v) is 8.49. The summed E-state index contributed by atoms with van der Waals surface area (Å²) >= 11 is 5.79. The Kier molecular flexibility index (Phi) is 2.17.